The molecule has 1 fully saturated rings. The topological polar surface area (TPSA) is 66.6 Å². The number of aliphatic hydroxyl groups is 1. The molecule has 0 radical (unpaired) electrons. The molecule has 1 aliphatic rings. The van der Waals surface area contributed by atoms with Gasteiger partial charge in [0.1, 0.15) is 0 Å². The SMILES string of the molecule is Cc1cc(N2CCCCC2CCO)cc([N+](=O)[O-])c1. The van der Waals surface area contributed by atoms with Crippen LogP contribution < -0.4 is 4.90 Å². The van der Waals surface area contributed by atoms with Crippen molar-refractivity contribution in [3.63, 3.8) is 0 Å². The molecule has 1 N–H and O–H groups in total. The van der Waals surface area contributed by atoms with Crippen LogP contribution in [0, 0.1) is 17.0 Å². The van der Waals surface area contributed by atoms with Gasteiger partial charge in [0.15, 0.2) is 0 Å². The number of benzene rings is 1. The van der Waals surface area contributed by atoms with E-state index < -0.39 is 0 Å². The van der Waals surface area contributed by atoms with E-state index in [-0.39, 0.29) is 17.2 Å². The summed E-state index contributed by atoms with van der Waals surface area (Å²) in [6.07, 6.45) is 4.03. The second-order valence-electron chi connectivity index (χ2n) is 5.14. The van der Waals surface area contributed by atoms with Gasteiger partial charge in [0.2, 0.25) is 0 Å². The van der Waals surface area contributed by atoms with Crippen LogP contribution >= 0.6 is 0 Å². The molecule has 1 aromatic carbocycles. The van der Waals surface area contributed by atoms with Crippen LogP contribution in [-0.4, -0.2) is 29.2 Å². The average molecular weight is 264 g/mol. The molecule has 1 atom stereocenters. The van der Waals surface area contributed by atoms with E-state index in [0.29, 0.717) is 6.04 Å². The Kier molecular flexibility index (Phi) is 4.37. The van der Waals surface area contributed by atoms with Gasteiger partial charge in [-0.2, -0.15) is 0 Å². The molecule has 104 valence electrons. The Bertz CT molecular complexity index is 460. The van der Waals surface area contributed by atoms with Crippen molar-refractivity contribution in [2.75, 3.05) is 18.1 Å². The zero-order valence-corrected chi connectivity index (χ0v) is 11.2. The van der Waals surface area contributed by atoms with Gasteiger partial charge in [0, 0.05) is 37.0 Å². The fraction of sp³-hybridized carbons (Fsp3) is 0.571. The lowest BCUT2D eigenvalue weighted by atomic mass is 9.98. The number of piperidine rings is 1. The summed E-state index contributed by atoms with van der Waals surface area (Å²) < 4.78 is 0. The molecule has 0 aromatic heterocycles. The summed E-state index contributed by atoms with van der Waals surface area (Å²) in [4.78, 5) is 12.8. The predicted octanol–water partition coefficient (Wildman–Crippen LogP) is 2.64. The first-order chi connectivity index (χ1) is 9.11. The van der Waals surface area contributed by atoms with Crippen molar-refractivity contribution in [3.8, 4) is 0 Å². The van der Waals surface area contributed by atoms with Gasteiger partial charge in [-0.15, -0.1) is 0 Å². The zero-order valence-electron chi connectivity index (χ0n) is 11.2. The van der Waals surface area contributed by atoms with E-state index in [1.807, 2.05) is 13.0 Å². The Morgan fingerprint density at radius 3 is 2.89 bits per heavy atom. The maximum absolute atomic E-state index is 10.9. The minimum atomic E-state index is -0.346. The summed E-state index contributed by atoms with van der Waals surface area (Å²) in [6, 6.07) is 5.51. The summed E-state index contributed by atoms with van der Waals surface area (Å²) in [5.74, 6) is 0. The molecule has 0 saturated carbocycles. The lowest BCUT2D eigenvalue weighted by Crippen LogP contribution is -2.40. The van der Waals surface area contributed by atoms with Crippen molar-refractivity contribution in [2.45, 2.75) is 38.6 Å². The van der Waals surface area contributed by atoms with Gasteiger partial charge in [-0.1, -0.05) is 0 Å². The van der Waals surface area contributed by atoms with Gasteiger partial charge in [-0.3, -0.25) is 10.1 Å². The lowest BCUT2D eigenvalue weighted by Gasteiger charge is -2.37. The van der Waals surface area contributed by atoms with Gasteiger partial charge in [-0.25, -0.2) is 0 Å². The number of nitro benzene ring substituents is 1. The first kappa shape index (κ1) is 13.8. The van der Waals surface area contributed by atoms with Crippen molar-refractivity contribution >= 4 is 11.4 Å². The van der Waals surface area contributed by atoms with Gasteiger partial charge in [-0.05, 0) is 44.2 Å². The van der Waals surface area contributed by atoms with E-state index in [1.54, 1.807) is 12.1 Å². The molecule has 1 heterocycles. The summed E-state index contributed by atoms with van der Waals surface area (Å²) in [5, 5.41) is 20.1. The molecule has 1 aliphatic heterocycles. The van der Waals surface area contributed by atoms with Crippen LogP contribution in [-0.2, 0) is 0 Å². The fourth-order valence-corrected chi connectivity index (χ4v) is 2.80. The maximum Gasteiger partial charge on any atom is 0.271 e. The van der Waals surface area contributed by atoms with Crippen LogP contribution in [0.4, 0.5) is 11.4 Å². The number of nitrogens with zero attached hydrogens (tertiary/aromatic N) is 2. The molecule has 1 saturated heterocycles. The minimum absolute atomic E-state index is 0.142. The monoisotopic (exact) mass is 264 g/mol. The third kappa shape index (κ3) is 3.23. The van der Waals surface area contributed by atoms with Gasteiger partial charge < -0.3 is 10.0 Å². The van der Waals surface area contributed by atoms with Crippen LogP contribution in [0.15, 0.2) is 18.2 Å². The normalized spacial score (nSPS) is 19.5. The molecular weight excluding hydrogens is 244 g/mol. The highest BCUT2D eigenvalue weighted by molar-refractivity contribution is 5.56. The van der Waals surface area contributed by atoms with Crippen molar-refractivity contribution in [1.29, 1.82) is 0 Å². The standard InChI is InChI=1S/C14H20N2O3/c1-11-8-13(10-14(9-11)16(18)19)15-6-3-2-4-12(15)5-7-17/h8-10,12,17H,2-7H2,1H3. The molecule has 19 heavy (non-hydrogen) atoms. The van der Waals surface area contributed by atoms with Crippen LogP contribution in [0.1, 0.15) is 31.2 Å². The van der Waals surface area contributed by atoms with Crippen molar-refractivity contribution in [1.82, 2.24) is 0 Å². The number of aryl methyl sites for hydroxylation is 1. The Balaban J connectivity index is 2.30. The first-order valence-electron chi connectivity index (χ1n) is 6.75. The Morgan fingerprint density at radius 1 is 1.42 bits per heavy atom. The average Bonchev–Trinajstić information content (AvgIpc) is 2.39. The predicted molar refractivity (Wildman–Crippen MR) is 74.5 cm³/mol. The third-order valence-electron chi connectivity index (χ3n) is 3.68. The third-order valence-corrected chi connectivity index (χ3v) is 3.68. The number of non-ortho nitro benzene ring substituents is 1. The highest BCUT2D eigenvalue weighted by Crippen LogP contribution is 2.30. The van der Waals surface area contributed by atoms with Crippen LogP contribution in [0.25, 0.3) is 0 Å². The smallest absolute Gasteiger partial charge is 0.271 e. The number of hydrogen-bond donors (Lipinski definition) is 1. The fourth-order valence-electron chi connectivity index (χ4n) is 2.80. The lowest BCUT2D eigenvalue weighted by molar-refractivity contribution is -0.384. The number of aliphatic hydroxyl groups excluding tert-OH is 1. The second kappa shape index (κ2) is 6.02. The highest BCUT2D eigenvalue weighted by atomic mass is 16.6. The van der Waals surface area contributed by atoms with Crippen LogP contribution in [0.3, 0.4) is 0 Å². The molecule has 2 rings (SSSR count). The Hall–Kier alpha value is -1.62. The Labute approximate surface area is 113 Å². The van der Waals surface area contributed by atoms with Crippen molar-refractivity contribution < 1.29 is 10.0 Å². The van der Waals surface area contributed by atoms with E-state index >= 15 is 0 Å². The van der Waals surface area contributed by atoms with E-state index in [1.165, 1.54) is 0 Å². The minimum Gasteiger partial charge on any atom is -0.396 e. The summed E-state index contributed by atoms with van der Waals surface area (Å²) >= 11 is 0. The molecule has 0 amide bonds. The molecule has 0 spiro atoms. The first-order valence-corrected chi connectivity index (χ1v) is 6.75. The van der Waals surface area contributed by atoms with Crippen molar-refractivity contribution in [2.24, 2.45) is 0 Å². The summed E-state index contributed by atoms with van der Waals surface area (Å²) in [7, 11) is 0. The molecule has 5 nitrogen and oxygen atoms in total. The van der Waals surface area contributed by atoms with E-state index in [4.69, 9.17) is 5.11 Å². The quantitative estimate of drug-likeness (QED) is 0.670. The van der Waals surface area contributed by atoms with Gasteiger partial charge in [0.25, 0.3) is 5.69 Å². The highest BCUT2D eigenvalue weighted by Gasteiger charge is 2.23. The number of nitro groups is 1. The molecule has 5 heteroatoms. The molecule has 1 unspecified atom stereocenters. The number of rotatable bonds is 4. The van der Waals surface area contributed by atoms with Gasteiger partial charge >= 0.3 is 0 Å². The maximum atomic E-state index is 10.9. The molecule has 1 aromatic rings. The largest absolute Gasteiger partial charge is 0.396 e. The van der Waals surface area contributed by atoms with Crippen LogP contribution in [0.2, 0.25) is 0 Å². The summed E-state index contributed by atoms with van der Waals surface area (Å²) in [6.45, 7) is 2.95. The van der Waals surface area contributed by atoms with E-state index in [2.05, 4.69) is 4.90 Å². The van der Waals surface area contributed by atoms with Crippen molar-refractivity contribution in [3.05, 3.63) is 33.9 Å². The van der Waals surface area contributed by atoms with Crippen LogP contribution in [0.5, 0.6) is 0 Å². The van der Waals surface area contributed by atoms with E-state index in [0.717, 1.165) is 43.5 Å². The number of anilines is 1. The Morgan fingerprint density at radius 2 is 2.21 bits per heavy atom. The molecular formula is C14H20N2O3. The van der Waals surface area contributed by atoms with Gasteiger partial charge in [0.05, 0.1) is 4.92 Å². The number of hydrogen-bond acceptors (Lipinski definition) is 4. The molecule has 0 aliphatic carbocycles. The zero-order chi connectivity index (χ0) is 13.8. The molecule has 0 bridgehead atoms. The summed E-state index contributed by atoms with van der Waals surface area (Å²) in [5.41, 5.74) is 1.95. The van der Waals surface area contributed by atoms with E-state index in [9.17, 15) is 10.1 Å². The second-order valence-corrected chi connectivity index (χ2v) is 5.14.